The van der Waals surface area contributed by atoms with Gasteiger partial charge in [-0.2, -0.15) is 0 Å². The molecule has 0 atom stereocenters. The van der Waals surface area contributed by atoms with E-state index in [-0.39, 0.29) is 0 Å². The van der Waals surface area contributed by atoms with Gasteiger partial charge < -0.3 is 0 Å². The molecule has 0 spiro atoms. The average molecular weight is 267 g/mol. The van der Waals surface area contributed by atoms with Gasteiger partial charge >= 0.3 is 0 Å². The number of aryl methyl sites for hydroxylation is 1. The van der Waals surface area contributed by atoms with E-state index in [1.165, 1.54) is 13.6 Å². The van der Waals surface area contributed by atoms with Crippen LogP contribution in [0.3, 0.4) is 0 Å². The van der Waals surface area contributed by atoms with Crippen LogP contribution in [-0.2, 0) is 0 Å². The Balaban J connectivity index is 0.000000195. The Bertz CT molecular complexity index is 398. The van der Waals surface area contributed by atoms with Gasteiger partial charge in [-0.3, -0.25) is 0 Å². The quantitative estimate of drug-likeness (QED) is 0.560. The highest BCUT2D eigenvalue weighted by molar-refractivity contribution is 7.38. The standard InChI is InChI=1S/C8H7S2.ClHO4/c1-6-9-7-4-2-3-5-8(7)10-6;2-1(3,4)5/h2-5H,1H3;(H,2,3,4,5)/q+1;/p-1. The number of fused-ring (bicyclic) bond motifs is 1. The van der Waals surface area contributed by atoms with Gasteiger partial charge in [-0.05, 0) is 12.1 Å². The second kappa shape index (κ2) is 5.13. The molecule has 4 nitrogen and oxygen atoms in total. The Morgan fingerprint density at radius 1 is 1.13 bits per heavy atom. The number of rotatable bonds is 0. The van der Waals surface area contributed by atoms with Crippen LogP contribution in [0.4, 0.5) is 0 Å². The molecule has 0 saturated heterocycles. The van der Waals surface area contributed by atoms with Crippen LogP contribution < -0.4 is 18.6 Å². The van der Waals surface area contributed by atoms with Crippen LogP contribution in [0.25, 0.3) is 9.40 Å². The van der Waals surface area contributed by atoms with Crippen LogP contribution in [0.5, 0.6) is 0 Å². The molecule has 2 rings (SSSR count). The summed E-state index contributed by atoms with van der Waals surface area (Å²) in [5.41, 5.74) is 0. The summed E-state index contributed by atoms with van der Waals surface area (Å²) in [6.07, 6.45) is 0. The Morgan fingerprint density at radius 2 is 1.67 bits per heavy atom. The Labute approximate surface area is 96.4 Å². The first-order valence-corrected chi connectivity index (χ1v) is 6.63. The maximum absolute atomic E-state index is 8.49. The minimum atomic E-state index is -4.94. The van der Waals surface area contributed by atoms with Crippen molar-refractivity contribution in [3.8, 4) is 0 Å². The average Bonchev–Trinajstić information content (AvgIpc) is 2.40. The Morgan fingerprint density at radius 3 is 2.20 bits per heavy atom. The van der Waals surface area contributed by atoms with Gasteiger partial charge in [-0.25, -0.2) is 18.6 Å². The molecule has 2 aromatic rings. The molecular weight excluding hydrogens is 260 g/mol. The predicted octanol–water partition coefficient (Wildman–Crippen LogP) is -1.20. The van der Waals surface area contributed by atoms with Crippen molar-refractivity contribution in [1.82, 2.24) is 0 Å². The minimum Gasteiger partial charge on any atom is -0.222 e. The molecular formula is C8H7ClO4S2. The second-order valence-electron chi connectivity index (χ2n) is 2.52. The predicted molar refractivity (Wildman–Crippen MR) is 48.8 cm³/mol. The van der Waals surface area contributed by atoms with Crippen molar-refractivity contribution >= 4 is 32.1 Å². The second-order valence-corrected chi connectivity index (χ2v) is 6.05. The molecule has 15 heavy (non-hydrogen) atoms. The largest absolute Gasteiger partial charge is 0.252 e. The molecule has 7 heteroatoms. The van der Waals surface area contributed by atoms with Crippen molar-refractivity contribution in [3.63, 3.8) is 0 Å². The van der Waals surface area contributed by atoms with Crippen molar-refractivity contribution in [2.24, 2.45) is 0 Å². The molecule has 0 radical (unpaired) electrons. The van der Waals surface area contributed by atoms with Gasteiger partial charge in [-0.15, -0.1) is 10.2 Å². The van der Waals surface area contributed by atoms with E-state index >= 15 is 0 Å². The lowest BCUT2D eigenvalue weighted by atomic mass is 10.4. The lowest BCUT2D eigenvalue weighted by Crippen LogP contribution is -2.68. The summed E-state index contributed by atoms with van der Waals surface area (Å²) in [6, 6.07) is 8.52. The fourth-order valence-corrected chi connectivity index (χ4v) is 3.15. The number of benzene rings is 1. The molecule has 0 amide bonds. The summed E-state index contributed by atoms with van der Waals surface area (Å²) in [4.78, 5) is 0. The lowest BCUT2D eigenvalue weighted by molar-refractivity contribution is -2.00. The van der Waals surface area contributed by atoms with Gasteiger partial charge in [-0.1, -0.05) is 12.1 Å². The molecule has 1 aromatic heterocycles. The molecule has 82 valence electrons. The molecule has 0 N–H and O–H groups in total. The monoisotopic (exact) mass is 266 g/mol. The Hall–Kier alpha value is -0.340. The summed E-state index contributed by atoms with van der Waals surface area (Å²) in [6.45, 7) is 2.16. The van der Waals surface area contributed by atoms with Gasteiger partial charge in [0.25, 0.3) is 4.19 Å². The highest BCUT2D eigenvalue weighted by Crippen LogP contribution is 2.29. The van der Waals surface area contributed by atoms with Crippen LogP contribution in [0.1, 0.15) is 4.19 Å². The van der Waals surface area contributed by atoms with Gasteiger partial charge in [0.05, 0.1) is 22.7 Å². The summed E-state index contributed by atoms with van der Waals surface area (Å²) in [7, 11) is -4.94. The molecule has 0 bridgehead atoms. The molecule has 1 heterocycles. The first kappa shape index (κ1) is 12.7. The normalized spacial score (nSPS) is 11.0. The third-order valence-corrected chi connectivity index (χ3v) is 3.71. The van der Waals surface area contributed by atoms with Crippen LogP contribution in [0.15, 0.2) is 24.3 Å². The topological polar surface area (TPSA) is 92.2 Å². The minimum absolute atomic E-state index is 1.41. The molecule has 0 fully saturated rings. The number of hydrogen-bond donors (Lipinski definition) is 0. The lowest BCUT2D eigenvalue weighted by Gasteiger charge is -2.17. The van der Waals surface area contributed by atoms with Gasteiger partial charge in [0.1, 0.15) is 0 Å². The van der Waals surface area contributed by atoms with E-state index in [2.05, 4.69) is 31.2 Å². The smallest absolute Gasteiger partial charge is 0.222 e. The molecule has 0 saturated carbocycles. The van der Waals surface area contributed by atoms with E-state index in [0.29, 0.717) is 0 Å². The Kier molecular flexibility index (Phi) is 4.35. The summed E-state index contributed by atoms with van der Waals surface area (Å²) >= 11 is 3.74. The van der Waals surface area contributed by atoms with Crippen molar-refractivity contribution in [3.05, 3.63) is 28.5 Å². The zero-order chi connectivity index (χ0) is 11.5. The summed E-state index contributed by atoms with van der Waals surface area (Å²) < 4.78 is 38.2. The van der Waals surface area contributed by atoms with Crippen molar-refractivity contribution in [1.29, 1.82) is 0 Å². The van der Waals surface area contributed by atoms with Crippen LogP contribution in [-0.4, -0.2) is 0 Å². The van der Waals surface area contributed by atoms with Crippen LogP contribution >= 0.6 is 22.7 Å². The van der Waals surface area contributed by atoms with E-state index < -0.39 is 10.2 Å². The maximum Gasteiger partial charge on any atom is 0.252 e. The fourth-order valence-electron chi connectivity index (χ4n) is 0.949. The van der Waals surface area contributed by atoms with E-state index in [4.69, 9.17) is 18.6 Å². The zero-order valence-electron chi connectivity index (χ0n) is 7.64. The molecule has 0 aliphatic rings. The third kappa shape index (κ3) is 5.33. The number of hydrogen-bond acceptors (Lipinski definition) is 5. The van der Waals surface area contributed by atoms with E-state index in [1.54, 1.807) is 0 Å². The number of halogens is 1. The van der Waals surface area contributed by atoms with Crippen molar-refractivity contribution in [2.45, 2.75) is 6.92 Å². The zero-order valence-corrected chi connectivity index (χ0v) is 10.0. The van der Waals surface area contributed by atoms with Gasteiger partial charge in [0, 0.05) is 6.92 Å². The van der Waals surface area contributed by atoms with E-state index in [0.717, 1.165) is 0 Å². The van der Waals surface area contributed by atoms with E-state index in [9.17, 15) is 0 Å². The van der Waals surface area contributed by atoms with Crippen LogP contribution in [0, 0.1) is 17.2 Å². The highest BCUT2D eigenvalue weighted by atomic mass is 35.7. The van der Waals surface area contributed by atoms with Gasteiger partial charge in [0.15, 0.2) is 9.40 Å². The SMILES string of the molecule is Cc1sc2ccccc2[s+]1.[O-][Cl+3]([O-])([O-])[O-]. The molecule has 0 unspecified atom stereocenters. The van der Waals surface area contributed by atoms with Crippen molar-refractivity contribution in [2.75, 3.05) is 0 Å². The summed E-state index contributed by atoms with van der Waals surface area (Å²) in [5, 5.41) is 0. The van der Waals surface area contributed by atoms with Crippen molar-refractivity contribution < 1.29 is 28.9 Å². The van der Waals surface area contributed by atoms with Gasteiger partial charge in [0.2, 0.25) is 0 Å². The molecule has 0 aliphatic carbocycles. The maximum atomic E-state index is 8.49. The first-order valence-electron chi connectivity index (χ1n) is 3.76. The third-order valence-electron chi connectivity index (χ3n) is 1.36. The molecule has 1 aromatic carbocycles. The van der Waals surface area contributed by atoms with Crippen LogP contribution in [0.2, 0.25) is 0 Å². The first-order chi connectivity index (χ1) is 6.86. The molecule has 0 aliphatic heterocycles. The summed E-state index contributed by atoms with van der Waals surface area (Å²) in [5.74, 6) is 0. The highest BCUT2D eigenvalue weighted by Gasteiger charge is 2.08. The van der Waals surface area contributed by atoms with E-state index in [1.807, 2.05) is 22.7 Å². The fraction of sp³-hybridized carbons (Fsp3) is 0.125.